The summed E-state index contributed by atoms with van der Waals surface area (Å²) in [6.45, 7) is 5.50. The highest BCUT2D eigenvalue weighted by atomic mass is 16.6. The molecule has 19 heavy (non-hydrogen) atoms. The third-order valence-electron chi connectivity index (χ3n) is 3.11. The van der Waals surface area contributed by atoms with Gasteiger partial charge in [0, 0.05) is 5.69 Å². The minimum absolute atomic E-state index is 0.0650. The average molecular weight is 257 g/mol. The third kappa shape index (κ3) is 3.29. The number of anilines is 1. The van der Waals surface area contributed by atoms with Crippen LogP contribution in [0.1, 0.15) is 39.2 Å². The van der Waals surface area contributed by atoms with Crippen LogP contribution in [0.25, 0.3) is 0 Å². The van der Waals surface area contributed by atoms with Gasteiger partial charge in [0.05, 0.1) is 5.41 Å². The number of carbonyl (C=O) groups excluding carboxylic acids is 1. The van der Waals surface area contributed by atoms with Crippen molar-refractivity contribution in [1.29, 1.82) is 0 Å². The molecule has 0 saturated heterocycles. The molecular formula is C16H19NO2. The Morgan fingerprint density at radius 3 is 2.32 bits per heavy atom. The lowest BCUT2D eigenvalue weighted by atomic mass is 9.97. The Hall–Kier alpha value is -1.95. The minimum Gasteiger partial charge on any atom is -0.444 e. The fourth-order valence-electron chi connectivity index (χ4n) is 1.94. The standard InChI is InChI=1S/C16H19NO2/c1-5-16(10-11-16)12-6-8-13(9-7-12)17-14(18)19-15(2,3)4/h1,6-9H,10-11H2,2-4H3,(H,17,18). The molecular weight excluding hydrogens is 238 g/mol. The Morgan fingerprint density at radius 1 is 1.32 bits per heavy atom. The molecule has 0 aliphatic heterocycles. The van der Waals surface area contributed by atoms with Gasteiger partial charge in [-0.25, -0.2) is 4.79 Å². The quantitative estimate of drug-likeness (QED) is 0.820. The molecule has 1 fully saturated rings. The molecule has 0 spiro atoms. The molecule has 0 aromatic heterocycles. The van der Waals surface area contributed by atoms with Crippen LogP contribution in [0.3, 0.4) is 0 Å². The first kappa shape index (κ1) is 13.5. The Balaban J connectivity index is 2.00. The van der Waals surface area contributed by atoms with Crippen LogP contribution in [0.5, 0.6) is 0 Å². The molecule has 3 heteroatoms. The summed E-state index contributed by atoms with van der Waals surface area (Å²) < 4.78 is 5.19. The minimum atomic E-state index is -0.494. The largest absolute Gasteiger partial charge is 0.444 e. The van der Waals surface area contributed by atoms with Crippen LogP contribution >= 0.6 is 0 Å². The number of carbonyl (C=O) groups is 1. The summed E-state index contributed by atoms with van der Waals surface area (Å²) in [5.41, 5.74) is 1.30. The van der Waals surface area contributed by atoms with E-state index in [1.165, 1.54) is 0 Å². The highest BCUT2D eigenvalue weighted by Gasteiger charge is 2.42. The summed E-state index contributed by atoms with van der Waals surface area (Å²) >= 11 is 0. The van der Waals surface area contributed by atoms with E-state index in [0.29, 0.717) is 5.69 Å². The summed E-state index contributed by atoms with van der Waals surface area (Å²) in [7, 11) is 0. The predicted octanol–water partition coefficient (Wildman–Crippen LogP) is 3.70. The van der Waals surface area contributed by atoms with Gasteiger partial charge < -0.3 is 4.74 Å². The molecule has 3 nitrogen and oxygen atoms in total. The number of hydrogen-bond acceptors (Lipinski definition) is 2. The lowest BCUT2D eigenvalue weighted by Gasteiger charge is -2.19. The van der Waals surface area contributed by atoms with Crippen LogP contribution in [0.15, 0.2) is 24.3 Å². The van der Waals surface area contributed by atoms with Gasteiger partial charge in [0.25, 0.3) is 0 Å². The van der Waals surface area contributed by atoms with E-state index in [1.54, 1.807) is 0 Å². The molecule has 1 amide bonds. The van der Waals surface area contributed by atoms with Crippen molar-refractivity contribution in [3.63, 3.8) is 0 Å². The van der Waals surface area contributed by atoms with Gasteiger partial charge >= 0.3 is 6.09 Å². The maximum atomic E-state index is 11.6. The molecule has 1 aliphatic rings. The molecule has 1 N–H and O–H groups in total. The highest BCUT2D eigenvalue weighted by molar-refractivity contribution is 5.84. The average Bonchev–Trinajstić information content (AvgIpc) is 3.08. The predicted molar refractivity (Wildman–Crippen MR) is 76.0 cm³/mol. The topological polar surface area (TPSA) is 38.3 Å². The second-order valence-corrected chi connectivity index (χ2v) is 5.93. The molecule has 1 aromatic rings. The van der Waals surface area contributed by atoms with E-state index in [1.807, 2.05) is 45.0 Å². The van der Waals surface area contributed by atoms with Gasteiger partial charge in [-0.2, -0.15) is 0 Å². The van der Waals surface area contributed by atoms with Crippen molar-refractivity contribution in [3.8, 4) is 12.3 Å². The van der Waals surface area contributed by atoms with Crippen molar-refractivity contribution in [2.75, 3.05) is 5.32 Å². The zero-order valence-corrected chi connectivity index (χ0v) is 11.6. The first-order valence-corrected chi connectivity index (χ1v) is 6.43. The summed E-state index contributed by atoms with van der Waals surface area (Å²) in [5, 5.41) is 2.70. The molecule has 0 bridgehead atoms. The summed E-state index contributed by atoms with van der Waals surface area (Å²) in [5.74, 6) is 2.85. The van der Waals surface area contributed by atoms with Gasteiger partial charge in [0.2, 0.25) is 0 Å². The number of benzene rings is 1. The van der Waals surface area contributed by atoms with Crippen LogP contribution in [-0.4, -0.2) is 11.7 Å². The first-order chi connectivity index (χ1) is 8.85. The van der Waals surface area contributed by atoms with Crippen LogP contribution in [0.4, 0.5) is 10.5 Å². The Bertz CT molecular complexity index is 513. The summed E-state index contributed by atoms with van der Waals surface area (Å²) in [4.78, 5) is 11.6. The van der Waals surface area contributed by atoms with Crippen molar-refractivity contribution in [1.82, 2.24) is 0 Å². The van der Waals surface area contributed by atoms with E-state index in [-0.39, 0.29) is 5.41 Å². The van der Waals surface area contributed by atoms with Gasteiger partial charge in [-0.3, -0.25) is 5.32 Å². The Labute approximate surface area is 114 Å². The number of amides is 1. The van der Waals surface area contributed by atoms with Gasteiger partial charge in [0.1, 0.15) is 5.60 Å². The molecule has 2 rings (SSSR count). The van der Waals surface area contributed by atoms with Crippen molar-refractivity contribution >= 4 is 11.8 Å². The van der Waals surface area contributed by atoms with Crippen molar-refractivity contribution in [2.24, 2.45) is 0 Å². The maximum Gasteiger partial charge on any atom is 0.412 e. The molecule has 1 aliphatic carbocycles. The highest BCUT2D eigenvalue weighted by Crippen LogP contribution is 2.47. The zero-order chi connectivity index (χ0) is 14.1. The van der Waals surface area contributed by atoms with Crippen molar-refractivity contribution in [3.05, 3.63) is 29.8 Å². The Morgan fingerprint density at radius 2 is 1.89 bits per heavy atom. The molecule has 1 aromatic carbocycles. The van der Waals surface area contributed by atoms with E-state index < -0.39 is 11.7 Å². The third-order valence-corrected chi connectivity index (χ3v) is 3.11. The molecule has 1 saturated carbocycles. The zero-order valence-electron chi connectivity index (χ0n) is 11.6. The second-order valence-electron chi connectivity index (χ2n) is 5.93. The lowest BCUT2D eigenvalue weighted by Crippen LogP contribution is -2.27. The smallest absolute Gasteiger partial charge is 0.412 e. The normalized spacial score (nSPS) is 16.3. The van der Waals surface area contributed by atoms with Crippen LogP contribution in [-0.2, 0) is 10.2 Å². The number of terminal acetylenes is 1. The SMILES string of the molecule is C#CC1(c2ccc(NC(=O)OC(C)(C)C)cc2)CC1. The summed E-state index contributed by atoms with van der Waals surface area (Å²) in [6, 6.07) is 7.66. The van der Waals surface area contributed by atoms with Crippen LogP contribution in [0, 0.1) is 12.3 Å². The monoisotopic (exact) mass is 257 g/mol. The number of hydrogen-bond donors (Lipinski definition) is 1. The fraction of sp³-hybridized carbons (Fsp3) is 0.438. The van der Waals surface area contributed by atoms with Gasteiger partial charge in [-0.05, 0) is 51.3 Å². The molecule has 0 atom stereocenters. The van der Waals surface area contributed by atoms with Crippen molar-refractivity contribution in [2.45, 2.75) is 44.6 Å². The van der Waals surface area contributed by atoms with Crippen molar-refractivity contribution < 1.29 is 9.53 Å². The maximum absolute atomic E-state index is 11.6. The van der Waals surface area contributed by atoms with Crippen LogP contribution in [0.2, 0.25) is 0 Å². The molecule has 0 heterocycles. The van der Waals surface area contributed by atoms with Gasteiger partial charge in [-0.15, -0.1) is 6.42 Å². The van der Waals surface area contributed by atoms with E-state index in [9.17, 15) is 4.79 Å². The number of nitrogens with one attached hydrogen (secondary N) is 1. The Kier molecular flexibility index (Phi) is 3.28. The van der Waals surface area contributed by atoms with Crippen LogP contribution < -0.4 is 5.32 Å². The first-order valence-electron chi connectivity index (χ1n) is 6.43. The fourth-order valence-corrected chi connectivity index (χ4v) is 1.94. The molecule has 0 unspecified atom stereocenters. The second kappa shape index (κ2) is 4.62. The van der Waals surface area contributed by atoms with E-state index in [4.69, 9.17) is 11.2 Å². The molecule has 100 valence electrons. The summed E-state index contributed by atoms with van der Waals surface area (Å²) in [6.07, 6.45) is 7.19. The van der Waals surface area contributed by atoms with E-state index >= 15 is 0 Å². The van der Waals surface area contributed by atoms with Gasteiger partial charge in [0.15, 0.2) is 0 Å². The van der Waals surface area contributed by atoms with E-state index in [2.05, 4.69) is 11.2 Å². The van der Waals surface area contributed by atoms with Gasteiger partial charge in [-0.1, -0.05) is 18.1 Å². The lowest BCUT2D eigenvalue weighted by molar-refractivity contribution is 0.0636. The number of rotatable bonds is 2. The molecule has 0 radical (unpaired) electrons. The number of ether oxygens (including phenoxy) is 1. The van der Waals surface area contributed by atoms with E-state index in [0.717, 1.165) is 18.4 Å².